The molecule has 1 aromatic rings. The molecule has 2 unspecified atom stereocenters. The van der Waals surface area contributed by atoms with Crippen LogP contribution in [0.15, 0.2) is 0 Å². The van der Waals surface area contributed by atoms with E-state index in [1.54, 1.807) is 11.8 Å². The molecular formula is C13H23N3O2. The lowest BCUT2D eigenvalue weighted by atomic mass is 10.0. The SMILES string of the molecule is COc1c(CN2CCC(C(C)O)C2)c(C)nn1C. The van der Waals surface area contributed by atoms with Crippen molar-refractivity contribution in [1.82, 2.24) is 14.7 Å². The van der Waals surface area contributed by atoms with Crippen molar-refractivity contribution in [2.24, 2.45) is 13.0 Å². The topological polar surface area (TPSA) is 50.5 Å². The molecule has 1 aliphatic heterocycles. The van der Waals surface area contributed by atoms with E-state index in [9.17, 15) is 5.11 Å². The number of aliphatic hydroxyl groups is 1. The summed E-state index contributed by atoms with van der Waals surface area (Å²) in [7, 11) is 3.58. The fraction of sp³-hybridized carbons (Fsp3) is 0.769. The average Bonchev–Trinajstić information content (AvgIpc) is 2.86. The van der Waals surface area contributed by atoms with Crippen molar-refractivity contribution >= 4 is 0 Å². The first-order valence-electron chi connectivity index (χ1n) is 6.49. The van der Waals surface area contributed by atoms with Crippen molar-refractivity contribution in [1.29, 1.82) is 0 Å². The van der Waals surface area contributed by atoms with E-state index in [4.69, 9.17) is 4.74 Å². The largest absolute Gasteiger partial charge is 0.481 e. The summed E-state index contributed by atoms with van der Waals surface area (Å²) in [6.45, 7) is 6.73. The third-order valence-electron chi connectivity index (χ3n) is 3.85. The molecule has 0 spiro atoms. The van der Waals surface area contributed by atoms with Crippen molar-refractivity contribution in [2.75, 3.05) is 20.2 Å². The van der Waals surface area contributed by atoms with Crippen LogP contribution in [-0.2, 0) is 13.6 Å². The number of hydrogen-bond acceptors (Lipinski definition) is 4. The van der Waals surface area contributed by atoms with E-state index in [1.807, 2.05) is 20.9 Å². The monoisotopic (exact) mass is 253 g/mol. The fourth-order valence-electron chi connectivity index (χ4n) is 2.74. The van der Waals surface area contributed by atoms with Crippen LogP contribution in [0, 0.1) is 12.8 Å². The molecule has 2 rings (SSSR count). The van der Waals surface area contributed by atoms with Gasteiger partial charge in [-0.2, -0.15) is 5.10 Å². The van der Waals surface area contributed by atoms with Gasteiger partial charge in [0.05, 0.1) is 24.5 Å². The van der Waals surface area contributed by atoms with Gasteiger partial charge in [0.25, 0.3) is 0 Å². The molecule has 0 radical (unpaired) electrons. The van der Waals surface area contributed by atoms with Crippen LogP contribution < -0.4 is 4.74 Å². The molecule has 0 aliphatic carbocycles. The first-order valence-corrected chi connectivity index (χ1v) is 6.49. The van der Waals surface area contributed by atoms with Crippen LogP contribution in [0.5, 0.6) is 5.88 Å². The zero-order chi connectivity index (χ0) is 13.3. The van der Waals surface area contributed by atoms with Gasteiger partial charge in [-0.05, 0) is 32.7 Å². The predicted molar refractivity (Wildman–Crippen MR) is 69.6 cm³/mol. The highest BCUT2D eigenvalue weighted by Crippen LogP contribution is 2.26. The summed E-state index contributed by atoms with van der Waals surface area (Å²) in [4.78, 5) is 2.37. The second-order valence-electron chi connectivity index (χ2n) is 5.22. The Morgan fingerprint density at radius 2 is 2.28 bits per heavy atom. The minimum atomic E-state index is -0.216. The van der Waals surface area contributed by atoms with Crippen LogP contribution in [0.3, 0.4) is 0 Å². The maximum absolute atomic E-state index is 9.63. The van der Waals surface area contributed by atoms with Crippen LogP contribution in [-0.4, -0.2) is 46.1 Å². The summed E-state index contributed by atoms with van der Waals surface area (Å²) in [5.74, 6) is 1.24. The number of hydrogen-bond donors (Lipinski definition) is 1. The molecule has 0 bridgehead atoms. The number of methoxy groups -OCH3 is 1. The van der Waals surface area contributed by atoms with E-state index in [1.165, 1.54) is 0 Å². The number of aromatic nitrogens is 2. The molecule has 1 fully saturated rings. The number of nitrogens with zero attached hydrogens (tertiary/aromatic N) is 3. The lowest BCUT2D eigenvalue weighted by Gasteiger charge is -2.17. The Morgan fingerprint density at radius 3 is 2.83 bits per heavy atom. The van der Waals surface area contributed by atoms with Crippen molar-refractivity contribution in [2.45, 2.75) is 32.9 Å². The highest BCUT2D eigenvalue weighted by molar-refractivity contribution is 5.30. The summed E-state index contributed by atoms with van der Waals surface area (Å²) in [5, 5.41) is 14.0. The van der Waals surface area contributed by atoms with E-state index in [0.29, 0.717) is 5.92 Å². The summed E-state index contributed by atoms with van der Waals surface area (Å²) in [6.07, 6.45) is 0.853. The van der Waals surface area contributed by atoms with Crippen LogP contribution in [0.4, 0.5) is 0 Å². The van der Waals surface area contributed by atoms with E-state index in [2.05, 4.69) is 10.00 Å². The van der Waals surface area contributed by atoms with Gasteiger partial charge in [-0.1, -0.05) is 0 Å². The standard InChI is InChI=1S/C13H23N3O2/c1-9-12(13(18-4)15(3)14-9)8-16-6-5-11(7-16)10(2)17/h10-11,17H,5-8H2,1-4H3. The van der Waals surface area contributed by atoms with Gasteiger partial charge < -0.3 is 9.84 Å². The van der Waals surface area contributed by atoms with E-state index in [0.717, 1.165) is 43.2 Å². The third-order valence-corrected chi connectivity index (χ3v) is 3.85. The molecule has 1 aliphatic rings. The fourth-order valence-corrected chi connectivity index (χ4v) is 2.74. The normalized spacial score (nSPS) is 22.4. The molecule has 5 nitrogen and oxygen atoms in total. The first kappa shape index (κ1) is 13.4. The summed E-state index contributed by atoms with van der Waals surface area (Å²) in [5.41, 5.74) is 2.18. The second-order valence-corrected chi connectivity index (χ2v) is 5.22. The van der Waals surface area contributed by atoms with Gasteiger partial charge in [-0.15, -0.1) is 0 Å². The number of rotatable bonds is 4. The van der Waals surface area contributed by atoms with Gasteiger partial charge in [-0.25, -0.2) is 4.68 Å². The minimum absolute atomic E-state index is 0.216. The second kappa shape index (κ2) is 5.28. The van der Waals surface area contributed by atoms with Crippen LogP contribution >= 0.6 is 0 Å². The van der Waals surface area contributed by atoms with Crippen molar-refractivity contribution < 1.29 is 9.84 Å². The Labute approximate surface area is 108 Å². The molecule has 1 saturated heterocycles. The van der Waals surface area contributed by atoms with E-state index >= 15 is 0 Å². The lowest BCUT2D eigenvalue weighted by molar-refractivity contribution is 0.127. The van der Waals surface area contributed by atoms with Gasteiger partial charge in [0, 0.05) is 20.1 Å². The number of aliphatic hydroxyl groups excluding tert-OH is 1. The highest BCUT2D eigenvalue weighted by Gasteiger charge is 2.27. The quantitative estimate of drug-likeness (QED) is 0.867. The van der Waals surface area contributed by atoms with Crippen molar-refractivity contribution in [3.05, 3.63) is 11.3 Å². The Morgan fingerprint density at radius 1 is 1.56 bits per heavy atom. The van der Waals surface area contributed by atoms with Crippen LogP contribution in [0.25, 0.3) is 0 Å². The molecule has 0 amide bonds. The predicted octanol–water partition coefficient (Wildman–Crippen LogP) is 0.940. The van der Waals surface area contributed by atoms with E-state index in [-0.39, 0.29) is 6.10 Å². The lowest BCUT2D eigenvalue weighted by Crippen LogP contribution is -2.24. The number of likely N-dealkylation sites (tertiary alicyclic amines) is 1. The van der Waals surface area contributed by atoms with Gasteiger partial charge in [0.1, 0.15) is 0 Å². The molecular weight excluding hydrogens is 230 g/mol. The minimum Gasteiger partial charge on any atom is -0.481 e. The first-order chi connectivity index (χ1) is 8.52. The smallest absolute Gasteiger partial charge is 0.216 e. The van der Waals surface area contributed by atoms with Gasteiger partial charge >= 0.3 is 0 Å². The summed E-state index contributed by atoms with van der Waals surface area (Å²) < 4.78 is 7.19. The molecule has 18 heavy (non-hydrogen) atoms. The molecule has 2 heterocycles. The Hall–Kier alpha value is -1.07. The zero-order valence-corrected chi connectivity index (χ0v) is 11.7. The maximum Gasteiger partial charge on any atom is 0.216 e. The molecule has 0 saturated carbocycles. The maximum atomic E-state index is 9.63. The molecule has 0 aromatic carbocycles. The van der Waals surface area contributed by atoms with Crippen molar-refractivity contribution in [3.8, 4) is 5.88 Å². The highest BCUT2D eigenvalue weighted by atomic mass is 16.5. The summed E-state index contributed by atoms with van der Waals surface area (Å²) in [6, 6.07) is 0. The Balaban J connectivity index is 2.07. The molecule has 5 heteroatoms. The Bertz CT molecular complexity index is 415. The molecule has 1 aromatic heterocycles. The van der Waals surface area contributed by atoms with Gasteiger partial charge in [0.15, 0.2) is 0 Å². The van der Waals surface area contributed by atoms with Crippen LogP contribution in [0.1, 0.15) is 24.6 Å². The van der Waals surface area contributed by atoms with E-state index < -0.39 is 0 Å². The van der Waals surface area contributed by atoms with Crippen LogP contribution in [0.2, 0.25) is 0 Å². The molecule has 2 atom stereocenters. The Kier molecular flexibility index (Phi) is 3.92. The molecule has 1 N–H and O–H groups in total. The summed E-state index contributed by atoms with van der Waals surface area (Å²) >= 11 is 0. The number of ether oxygens (including phenoxy) is 1. The van der Waals surface area contributed by atoms with Crippen molar-refractivity contribution in [3.63, 3.8) is 0 Å². The van der Waals surface area contributed by atoms with Gasteiger partial charge in [0.2, 0.25) is 5.88 Å². The molecule has 102 valence electrons. The van der Waals surface area contributed by atoms with Gasteiger partial charge in [-0.3, -0.25) is 4.90 Å². The third kappa shape index (κ3) is 2.52. The average molecular weight is 253 g/mol. The number of aryl methyl sites for hydroxylation is 2. The zero-order valence-electron chi connectivity index (χ0n) is 11.7.